The molecule has 0 bridgehead atoms. The highest BCUT2D eigenvalue weighted by atomic mass is 32.2. The Morgan fingerprint density at radius 1 is 0.981 bits per heavy atom. The van der Waals surface area contributed by atoms with E-state index < -0.39 is 5.91 Å². The highest BCUT2D eigenvalue weighted by Gasteiger charge is 2.17. The fraction of sp³-hybridized carbons (Fsp3) is 0.250. The molecule has 0 fully saturated rings. The fourth-order valence-corrected chi connectivity index (χ4v) is 7.14. The lowest BCUT2D eigenvalue weighted by Gasteiger charge is -2.17. The van der Waals surface area contributed by atoms with Crippen LogP contribution in [-0.2, 0) is 8.98 Å². The number of anilines is 3. The summed E-state index contributed by atoms with van der Waals surface area (Å²) < 4.78 is 10.7. The Morgan fingerprint density at radius 3 is 2.54 bits per heavy atom. The minimum Gasteiger partial charge on any atom is -0.506 e. The molecule has 5 rings (SSSR count). The molecule has 4 aromatic carbocycles. The average Bonchev–Trinajstić information content (AvgIpc) is 3.17. The Labute approximate surface area is 324 Å². The zero-order valence-corrected chi connectivity index (χ0v) is 31.8. The van der Waals surface area contributed by atoms with Crippen molar-refractivity contribution < 1.29 is 28.4 Å². The number of carbonyl (C=O) groups is 3. The molecule has 14 heteroatoms. The number of aromatic nitrogens is 1. The summed E-state index contributed by atoms with van der Waals surface area (Å²) in [5, 5.41) is 22.8. The molecule has 0 aliphatic rings. The monoisotopic (exact) mass is 768 g/mol. The number of amides is 3. The number of pyridine rings is 1. The van der Waals surface area contributed by atoms with Crippen molar-refractivity contribution in [1.29, 1.82) is 0 Å². The zero-order chi connectivity index (χ0) is 38.5. The van der Waals surface area contributed by atoms with Crippen LogP contribution in [0.1, 0.15) is 63.6 Å². The summed E-state index contributed by atoms with van der Waals surface area (Å²) in [6.07, 6.45) is 5.40. The predicted molar refractivity (Wildman–Crippen MR) is 216 cm³/mol. The number of rotatable bonds is 20. The summed E-state index contributed by atoms with van der Waals surface area (Å²) in [6.45, 7) is 3.83. The quantitative estimate of drug-likeness (QED) is 0.0140. The number of carbonyl (C=O) groups excluding carboxylic acids is 3. The van der Waals surface area contributed by atoms with E-state index in [2.05, 4.69) is 39.2 Å². The summed E-state index contributed by atoms with van der Waals surface area (Å²) >= 11 is 5.50. The maximum atomic E-state index is 13.1. The van der Waals surface area contributed by atoms with Crippen molar-refractivity contribution in [1.82, 2.24) is 15.6 Å². The van der Waals surface area contributed by atoms with Crippen LogP contribution < -0.4 is 31.7 Å². The van der Waals surface area contributed by atoms with E-state index in [1.165, 1.54) is 24.0 Å². The molecule has 1 aromatic heterocycles. The van der Waals surface area contributed by atoms with Crippen LogP contribution >= 0.6 is 24.7 Å². The molecular formula is C40H44N6O6S2. The number of aromatic hydroxyl groups is 1. The first-order chi connectivity index (χ1) is 26.2. The number of benzene rings is 4. The Balaban J connectivity index is 1.12. The number of nitrogens with two attached hydrogens (primary N) is 1. The summed E-state index contributed by atoms with van der Waals surface area (Å²) in [5.74, 6) is -0.0804. The highest BCUT2D eigenvalue weighted by molar-refractivity contribution is 7.99. The standard InChI is InChI=1S/C40H44N6O6S2/c1-25-17-31(21-32-37(25)44-22-33(39(41)49)38(32)46-28-10-8-11-29(20-28)51-2)54-30-12-7-9-27(18-30)40(50)43-16-6-4-3-5-15-42-23-36(52-53)26-13-14-35(48)34(19-26)45-24-47/h7-14,17-22,24,36,42,48,53H,3-6,15-16,23H2,1-2H3,(H2,41,49)(H,43,50)(H,44,46)(H,45,47)/t36-/m0/s1. The molecule has 54 heavy (non-hydrogen) atoms. The van der Waals surface area contributed by atoms with Crippen molar-refractivity contribution in [3.05, 3.63) is 107 Å². The minimum absolute atomic E-state index is 0.0249. The number of phenolic OH excluding ortho intramolecular Hbond substituents is 1. The second kappa shape index (κ2) is 19.7. The van der Waals surface area contributed by atoms with Gasteiger partial charge in [0.15, 0.2) is 0 Å². The van der Waals surface area contributed by atoms with E-state index in [9.17, 15) is 19.5 Å². The topological polar surface area (TPSA) is 177 Å². The molecule has 5 aromatic rings. The van der Waals surface area contributed by atoms with Gasteiger partial charge in [0.25, 0.3) is 11.8 Å². The number of hydrogen-bond donors (Lipinski definition) is 7. The van der Waals surface area contributed by atoms with Crippen LogP contribution in [0.5, 0.6) is 11.5 Å². The largest absolute Gasteiger partial charge is 0.506 e. The molecule has 1 heterocycles. The van der Waals surface area contributed by atoms with Crippen LogP contribution in [-0.4, -0.2) is 55.1 Å². The second-order valence-corrected chi connectivity index (χ2v) is 13.9. The van der Waals surface area contributed by atoms with E-state index in [0.29, 0.717) is 42.2 Å². The van der Waals surface area contributed by atoms with Crippen molar-refractivity contribution in [2.75, 3.05) is 37.4 Å². The number of hydrogen-bond acceptors (Lipinski definition) is 11. The third kappa shape index (κ3) is 10.7. The van der Waals surface area contributed by atoms with Crippen molar-refractivity contribution in [3.8, 4) is 11.5 Å². The van der Waals surface area contributed by atoms with E-state index in [4.69, 9.17) is 14.7 Å². The number of primary amides is 1. The molecule has 0 saturated carbocycles. The van der Waals surface area contributed by atoms with E-state index >= 15 is 0 Å². The number of fused-ring (bicyclic) bond motifs is 1. The number of thiol groups is 1. The molecule has 0 unspecified atom stereocenters. The zero-order valence-electron chi connectivity index (χ0n) is 30.1. The van der Waals surface area contributed by atoms with Crippen LogP contribution in [0.2, 0.25) is 0 Å². The normalized spacial score (nSPS) is 11.5. The van der Waals surface area contributed by atoms with E-state index in [0.717, 1.165) is 69.7 Å². The van der Waals surface area contributed by atoms with Crippen molar-refractivity contribution in [3.63, 3.8) is 0 Å². The van der Waals surface area contributed by atoms with E-state index in [1.807, 2.05) is 61.5 Å². The molecule has 0 radical (unpaired) electrons. The second-order valence-electron chi connectivity index (χ2n) is 12.5. The van der Waals surface area contributed by atoms with Gasteiger partial charge in [0.1, 0.15) is 17.6 Å². The first-order valence-electron chi connectivity index (χ1n) is 17.4. The lowest BCUT2D eigenvalue weighted by molar-refractivity contribution is -0.105. The number of phenols is 1. The fourth-order valence-electron chi connectivity index (χ4n) is 5.92. The Hall–Kier alpha value is -5.28. The number of nitrogens with zero attached hydrogens (tertiary/aromatic N) is 1. The third-order valence-electron chi connectivity index (χ3n) is 8.70. The van der Waals surface area contributed by atoms with Crippen LogP contribution in [0.4, 0.5) is 17.1 Å². The first-order valence-corrected chi connectivity index (χ1v) is 18.6. The molecule has 282 valence electrons. The van der Waals surface area contributed by atoms with Gasteiger partial charge < -0.3 is 41.0 Å². The summed E-state index contributed by atoms with van der Waals surface area (Å²) in [4.78, 5) is 42.7. The van der Waals surface area contributed by atoms with Gasteiger partial charge in [0, 0.05) is 51.8 Å². The predicted octanol–water partition coefficient (Wildman–Crippen LogP) is 7.30. The van der Waals surface area contributed by atoms with Crippen LogP contribution in [0.25, 0.3) is 10.9 Å². The van der Waals surface area contributed by atoms with Crippen LogP contribution in [0, 0.1) is 6.92 Å². The molecule has 0 saturated heterocycles. The molecular weight excluding hydrogens is 725 g/mol. The average molecular weight is 769 g/mol. The van der Waals surface area contributed by atoms with Gasteiger partial charge >= 0.3 is 0 Å². The molecule has 12 nitrogen and oxygen atoms in total. The maximum absolute atomic E-state index is 13.1. The highest BCUT2D eigenvalue weighted by Crippen LogP contribution is 2.37. The minimum atomic E-state index is -0.594. The Kier molecular flexibility index (Phi) is 14.6. The Morgan fingerprint density at radius 2 is 1.78 bits per heavy atom. The first kappa shape index (κ1) is 39.9. The number of ether oxygens (including phenoxy) is 1. The summed E-state index contributed by atoms with van der Waals surface area (Å²) in [6, 6.07) is 23.8. The maximum Gasteiger partial charge on any atom is 0.252 e. The molecule has 0 aliphatic carbocycles. The molecule has 0 aliphatic heterocycles. The number of unbranched alkanes of at least 4 members (excludes halogenated alkanes) is 3. The molecule has 0 spiro atoms. The lowest BCUT2D eigenvalue weighted by Crippen LogP contribution is -2.24. The van der Waals surface area contributed by atoms with E-state index in [1.54, 1.807) is 25.3 Å². The smallest absolute Gasteiger partial charge is 0.252 e. The van der Waals surface area contributed by atoms with Crippen molar-refractivity contribution in [2.45, 2.75) is 48.5 Å². The van der Waals surface area contributed by atoms with Crippen molar-refractivity contribution in [2.24, 2.45) is 5.73 Å². The van der Waals surface area contributed by atoms with Gasteiger partial charge in [-0.2, -0.15) is 0 Å². The van der Waals surface area contributed by atoms with Gasteiger partial charge in [0.05, 0.1) is 29.6 Å². The van der Waals surface area contributed by atoms with Gasteiger partial charge in [-0.1, -0.05) is 42.8 Å². The number of methoxy groups -OCH3 is 1. The summed E-state index contributed by atoms with van der Waals surface area (Å²) in [7, 11) is 1.60. The molecule has 3 amide bonds. The number of nitrogens with one attached hydrogen (secondary N) is 4. The SMILES string of the molecule is COc1cccc(Nc2c(C(N)=O)cnc3c(C)cc(Sc4cccc(C(=O)NCCCCCCNC[C@H](OS)c5ccc(O)c(NC=O)c5)c4)cc23)c1. The van der Waals surface area contributed by atoms with E-state index in [-0.39, 0.29) is 23.3 Å². The Bertz CT molecular complexity index is 2100. The van der Waals surface area contributed by atoms with Gasteiger partial charge in [-0.05, 0) is 105 Å². The summed E-state index contributed by atoms with van der Waals surface area (Å²) in [5.41, 5.74) is 10.7. The van der Waals surface area contributed by atoms with Crippen LogP contribution in [0.3, 0.4) is 0 Å². The van der Waals surface area contributed by atoms with Crippen LogP contribution in [0.15, 0.2) is 94.9 Å². The van der Waals surface area contributed by atoms with Gasteiger partial charge in [-0.15, -0.1) is 0 Å². The lowest BCUT2D eigenvalue weighted by atomic mass is 10.1. The van der Waals surface area contributed by atoms with Gasteiger partial charge in [-0.25, -0.2) is 0 Å². The third-order valence-corrected chi connectivity index (χ3v) is 9.92. The molecule has 1 atom stereocenters. The van der Waals surface area contributed by atoms with Crippen molar-refractivity contribution >= 4 is 70.9 Å². The number of aryl methyl sites for hydroxylation is 1. The molecule has 7 N–H and O–H groups in total. The van der Waals surface area contributed by atoms with Gasteiger partial charge in [-0.3, -0.25) is 19.4 Å². The van der Waals surface area contributed by atoms with Gasteiger partial charge in [0.2, 0.25) is 6.41 Å².